The fourth-order valence-electron chi connectivity index (χ4n) is 1.68. The van der Waals surface area contributed by atoms with Gasteiger partial charge in [0.1, 0.15) is 0 Å². The van der Waals surface area contributed by atoms with Gasteiger partial charge in [0, 0.05) is 6.04 Å². The van der Waals surface area contributed by atoms with Crippen LogP contribution >= 0.6 is 12.6 Å². The lowest BCUT2D eigenvalue weighted by Crippen LogP contribution is -2.37. The van der Waals surface area contributed by atoms with Gasteiger partial charge in [-0.05, 0) is 31.6 Å². The molecule has 0 aromatic heterocycles. The van der Waals surface area contributed by atoms with Crippen LogP contribution in [0.15, 0.2) is 0 Å². The molecule has 1 fully saturated rings. The van der Waals surface area contributed by atoms with Crippen LogP contribution < -0.4 is 5.32 Å². The van der Waals surface area contributed by atoms with E-state index in [1.165, 1.54) is 12.8 Å². The second-order valence-electron chi connectivity index (χ2n) is 3.68. The zero-order chi connectivity index (χ0) is 8.97. The molecule has 1 aliphatic rings. The van der Waals surface area contributed by atoms with Crippen LogP contribution in [0.5, 0.6) is 0 Å². The van der Waals surface area contributed by atoms with E-state index in [0.717, 1.165) is 18.8 Å². The van der Waals surface area contributed by atoms with E-state index in [4.69, 9.17) is 0 Å². The van der Waals surface area contributed by atoms with Crippen molar-refractivity contribution >= 4 is 18.5 Å². The minimum absolute atomic E-state index is 0.0675. The normalized spacial score (nSPS) is 29.8. The monoisotopic (exact) mass is 187 g/mol. The van der Waals surface area contributed by atoms with Crippen molar-refractivity contribution in [1.29, 1.82) is 0 Å². The number of hydrogen-bond donors (Lipinski definition) is 2. The average molecular weight is 187 g/mol. The summed E-state index contributed by atoms with van der Waals surface area (Å²) in [4.78, 5) is 11.0. The highest BCUT2D eigenvalue weighted by Gasteiger charge is 2.18. The largest absolute Gasteiger partial charge is 0.353 e. The number of thiol groups is 1. The third kappa shape index (κ3) is 3.05. The van der Waals surface area contributed by atoms with Crippen LogP contribution in [0.25, 0.3) is 0 Å². The molecule has 0 radical (unpaired) electrons. The Balaban J connectivity index is 2.21. The van der Waals surface area contributed by atoms with Gasteiger partial charge in [-0.1, -0.05) is 6.92 Å². The highest BCUT2D eigenvalue weighted by molar-refractivity contribution is 7.81. The number of carbonyl (C=O) groups excluding carboxylic acids is 1. The first-order valence-electron chi connectivity index (χ1n) is 4.62. The van der Waals surface area contributed by atoms with Crippen molar-refractivity contribution in [3.63, 3.8) is 0 Å². The molecule has 0 unspecified atom stereocenters. The first-order valence-corrected chi connectivity index (χ1v) is 5.26. The molecule has 0 spiro atoms. The zero-order valence-corrected chi connectivity index (χ0v) is 8.44. The topological polar surface area (TPSA) is 29.1 Å². The third-order valence-corrected chi connectivity index (χ3v) is 2.81. The number of nitrogens with one attached hydrogen (secondary N) is 1. The van der Waals surface area contributed by atoms with E-state index in [-0.39, 0.29) is 5.91 Å². The summed E-state index contributed by atoms with van der Waals surface area (Å²) in [7, 11) is 0. The molecule has 1 rings (SSSR count). The second kappa shape index (κ2) is 4.75. The lowest BCUT2D eigenvalue weighted by Gasteiger charge is -2.26. The van der Waals surface area contributed by atoms with Crippen LogP contribution in [0.1, 0.15) is 32.6 Å². The Bertz CT molecular complexity index is 153. The smallest absolute Gasteiger partial charge is 0.229 e. The van der Waals surface area contributed by atoms with Gasteiger partial charge in [0.25, 0.3) is 0 Å². The molecule has 1 amide bonds. The van der Waals surface area contributed by atoms with Crippen molar-refractivity contribution in [2.24, 2.45) is 5.92 Å². The molecule has 1 aliphatic carbocycles. The molecule has 0 atom stereocenters. The highest BCUT2D eigenvalue weighted by Crippen LogP contribution is 2.23. The van der Waals surface area contributed by atoms with Crippen molar-refractivity contribution in [3.05, 3.63) is 0 Å². The first kappa shape index (κ1) is 9.90. The Morgan fingerprint density at radius 2 is 2.00 bits per heavy atom. The standard InChI is InChI=1S/C9H17NOS/c1-7-2-4-8(5-3-7)10-9(11)6-12/h7-8,12H,2-6H2,1H3,(H,10,11). The van der Waals surface area contributed by atoms with Gasteiger partial charge in [0.05, 0.1) is 5.75 Å². The summed E-state index contributed by atoms with van der Waals surface area (Å²) in [6.45, 7) is 2.27. The van der Waals surface area contributed by atoms with E-state index in [0.29, 0.717) is 11.8 Å². The number of hydrogen-bond acceptors (Lipinski definition) is 2. The summed E-state index contributed by atoms with van der Waals surface area (Å²) >= 11 is 3.92. The van der Waals surface area contributed by atoms with Gasteiger partial charge in [-0.25, -0.2) is 0 Å². The summed E-state index contributed by atoms with van der Waals surface area (Å²) in [5, 5.41) is 2.97. The number of rotatable bonds is 2. The Morgan fingerprint density at radius 3 is 2.50 bits per heavy atom. The van der Waals surface area contributed by atoms with Crippen LogP contribution in [-0.2, 0) is 4.79 Å². The maximum atomic E-state index is 11.0. The molecule has 1 N–H and O–H groups in total. The molecule has 0 heterocycles. The summed E-state index contributed by atoms with van der Waals surface area (Å²) in [5.41, 5.74) is 0. The number of carbonyl (C=O) groups is 1. The zero-order valence-electron chi connectivity index (χ0n) is 7.55. The van der Waals surface area contributed by atoms with Gasteiger partial charge in [0.15, 0.2) is 0 Å². The van der Waals surface area contributed by atoms with E-state index in [2.05, 4.69) is 24.9 Å². The predicted octanol–water partition coefficient (Wildman–Crippen LogP) is 1.61. The summed E-state index contributed by atoms with van der Waals surface area (Å²) in [5.74, 6) is 1.22. The van der Waals surface area contributed by atoms with Crippen molar-refractivity contribution in [3.8, 4) is 0 Å². The average Bonchev–Trinajstić information content (AvgIpc) is 2.09. The SMILES string of the molecule is CC1CCC(NC(=O)CS)CC1. The van der Waals surface area contributed by atoms with E-state index < -0.39 is 0 Å². The van der Waals surface area contributed by atoms with Crippen molar-refractivity contribution in [2.45, 2.75) is 38.6 Å². The Morgan fingerprint density at radius 1 is 1.42 bits per heavy atom. The van der Waals surface area contributed by atoms with Crippen LogP contribution in [0.3, 0.4) is 0 Å². The number of amides is 1. The molecule has 1 saturated carbocycles. The lowest BCUT2D eigenvalue weighted by molar-refractivity contribution is -0.119. The molecular formula is C9H17NOS. The molecule has 70 valence electrons. The van der Waals surface area contributed by atoms with Gasteiger partial charge in [-0.2, -0.15) is 12.6 Å². The summed E-state index contributed by atoms with van der Waals surface area (Å²) in [6.07, 6.45) is 4.77. The van der Waals surface area contributed by atoms with Crippen LogP contribution in [0.2, 0.25) is 0 Å². The molecule has 2 nitrogen and oxygen atoms in total. The second-order valence-corrected chi connectivity index (χ2v) is 4.00. The molecule has 3 heteroatoms. The maximum absolute atomic E-state index is 11.0. The van der Waals surface area contributed by atoms with Crippen LogP contribution in [-0.4, -0.2) is 17.7 Å². The van der Waals surface area contributed by atoms with Crippen molar-refractivity contribution in [1.82, 2.24) is 5.32 Å². The Kier molecular flexibility index (Phi) is 3.92. The van der Waals surface area contributed by atoms with Gasteiger partial charge >= 0.3 is 0 Å². The Hall–Kier alpha value is -0.180. The van der Waals surface area contributed by atoms with Gasteiger partial charge in [0.2, 0.25) is 5.91 Å². The molecule has 0 aliphatic heterocycles. The van der Waals surface area contributed by atoms with Gasteiger partial charge in [-0.3, -0.25) is 4.79 Å². The van der Waals surface area contributed by atoms with Crippen molar-refractivity contribution < 1.29 is 4.79 Å². The summed E-state index contributed by atoms with van der Waals surface area (Å²) in [6, 6.07) is 0.417. The quantitative estimate of drug-likeness (QED) is 0.632. The summed E-state index contributed by atoms with van der Waals surface area (Å²) < 4.78 is 0. The van der Waals surface area contributed by atoms with Crippen molar-refractivity contribution in [2.75, 3.05) is 5.75 Å². The van der Waals surface area contributed by atoms with E-state index in [1.807, 2.05) is 0 Å². The predicted molar refractivity (Wildman–Crippen MR) is 53.4 cm³/mol. The van der Waals surface area contributed by atoms with Gasteiger partial charge < -0.3 is 5.32 Å². The molecule has 0 aromatic rings. The fraction of sp³-hybridized carbons (Fsp3) is 0.889. The molecule has 0 saturated heterocycles. The van der Waals surface area contributed by atoms with Gasteiger partial charge in [-0.15, -0.1) is 0 Å². The fourth-order valence-corrected chi connectivity index (χ4v) is 1.77. The third-order valence-electron chi connectivity index (χ3n) is 2.52. The van der Waals surface area contributed by atoms with E-state index >= 15 is 0 Å². The minimum Gasteiger partial charge on any atom is -0.353 e. The lowest BCUT2D eigenvalue weighted by atomic mass is 9.87. The molecule has 0 bridgehead atoms. The van der Waals surface area contributed by atoms with E-state index in [9.17, 15) is 4.79 Å². The van der Waals surface area contributed by atoms with Crippen LogP contribution in [0.4, 0.5) is 0 Å². The first-order chi connectivity index (χ1) is 5.72. The van der Waals surface area contributed by atoms with E-state index in [1.54, 1.807) is 0 Å². The molecule has 0 aromatic carbocycles. The maximum Gasteiger partial charge on any atom is 0.229 e. The van der Waals surface area contributed by atoms with Crippen LogP contribution in [0, 0.1) is 5.92 Å². The molecular weight excluding hydrogens is 170 g/mol. The highest BCUT2D eigenvalue weighted by atomic mass is 32.1. The molecule has 12 heavy (non-hydrogen) atoms. The minimum atomic E-state index is 0.0675. The Labute approximate surface area is 79.5 Å².